The molecule has 2 heterocycles. The zero-order valence-corrected chi connectivity index (χ0v) is 20.9. The second kappa shape index (κ2) is 9.89. The fraction of sp³-hybridized carbons (Fsp3) is 0.381. The van der Waals surface area contributed by atoms with Crippen LogP contribution in [-0.4, -0.2) is 80.3 Å². The summed E-state index contributed by atoms with van der Waals surface area (Å²) in [6, 6.07) is 10.3. The molecular formula is C21H26N6O6S2. The molecule has 0 radical (unpaired) electrons. The van der Waals surface area contributed by atoms with Gasteiger partial charge < -0.3 is 10.2 Å². The van der Waals surface area contributed by atoms with E-state index in [4.69, 9.17) is 4.84 Å². The Kier molecular flexibility index (Phi) is 7.07. The van der Waals surface area contributed by atoms with Crippen LogP contribution in [-0.2, 0) is 24.8 Å². The maximum Gasteiger partial charge on any atom is 0.265 e. The number of nitrogens with one attached hydrogen (secondary N) is 1. The van der Waals surface area contributed by atoms with E-state index in [9.17, 15) is 21.6 Å². The molecule has 3 aromatic rings. The molecule has 4 rings (SSSR count). The van der Waals surface area contributed by atoms with Crippen molar-refractivity contribution in [2.75, 3.05) is 39.1 Å². The van der Waals surface area contributed by atoms with Gasteiger partial charge in [0.05, 0.1) is 9.79 Å². The molecule has 1 fully saturated rings. The lowest BCUT2D eigenvalue weighted by Crippen LogP contribution is -2.35. The first-order valence-corrected chi connectivity index (χ1v) is 13.8. The average Bonchev–Trinajstić information content (AvgIpc) is 3.25. The Bertz CT molecular complexity index is 1450. The summed E-state index contributed by atoms with van der Waals surface area (Å²) < 4.78 is 53.1. The maximum atomic E-state index is 12.9. The van der Waals surface area contributed by atoms with Gasteiger partial charge in [0.1, 0.15) is 11.0 Å². The Balaban J connectivity index is 1.45. The van der Waals surface area contributed by atoms with Gasteiger partial charge in [-0.15, -0.1) is 5.10 Å². The molecule has 1 N–H and O–H groups in total. The molecule has 0 atom stereocenters. The summed E-state index contributed by atoms with van der Waals surface area (Å²) in [6.07, 6.45) is 2.66. The number of hydrogen-bond acceptors (Lipinski definition) is 8. The number of piperidine rings is 1. The van der Waals surface area contributed by atoms with Crippen LogP contribution in [0.5, 0.6) is 0 Å². The number of rotatable bonds is 8. The summed E-state index contributed by atoms with van der Waals surface area (Å²) >= 11 is 0. The predicted octanol–water partition coefficient (Wildman–Crippen LogP) is 0.923. The summed E-state index contributed by atoms with van der Waals surface area (Å²) in [5.74, 6) is -0.557. The van der Waals surface area contributed by atoms with Crippen molar-refractivity contribution < 1.29 is 26.5 Å². The quantitative estimate of drug-likeness (QED) is 0.460. The maximum absolute atomic E-state index is 12.9. The standard InChI is InChI=1S/C21H26N6O6S2/c1-25(2)34(29,30)18-9-10-19-20(14-18)27(24-23-19)33-15-21(28)22-16-7-6-8-17(13-16)35(31,32)26-11-4-3-5-12-26/h6-10,13-14H,3-5,11-12,15H2,1-2H3,(H,22,28). The zero-order chi connectivity index (χ0) is 25.2. The van der Waals surface area contributed by atoms with E-state index in [1.54, 1.807) is 12.1 Å². The van der Waals surface area contributed by atoms with Crippen LogP contribution in [0.1, 0.15) is 19.3 Å². The molecule has 0 bridgehead atoms. The van der Waals surface area contributed by atoms with Gasteiger partial charge >= 0.3 is 0 Å². The highest BCUT2D eigenvalue weighted by Gasteiger charge is 2.26. The summed E-state index contributed by atoms with van der Waals surface area (Å²) in [5.41, 5.74) is 0.966. The van der Waals surface area contributed by atoms with Crippen molar-refractivity contribution >= 4 is 42.7 Å². The number of sulfonamides is 2. The third-order valence-corrected chi connectivity index (χ3v) is 9.26. The number of amides is 1. The van der Waals surface area contributed by atoms with Crippen LogP contribution in [0.3, 0.4) is 0 Å². The molecule has 1 amide bonds. The number of anilines is 1. The Morgan fingerprint density at radius 3 is 2.49 bits per heavy atom. The van der Waals surface area contributed by atoms with Crippen LogP contribution < -0.4 is 10.2 Å². The summed E-state index contributed by atoms with van der Waals surface area (Å²) in [7, 11) is -4.48. The first-order valence-electron chi connectivity index (χ1n) is 10.9. The number of carbonyl (C=O) groups excluding carboxylic acids is 1. The Labute approximate surface area is 203 Å². The molecule has 0 spiro atoms. The molecule has 1 aromatic heterocycles. The van der Waals surface area contributed by atoms with Crippen molar-refractivity contribution in [2.24, 2.45) is 0 Å². The molecule has 0 saturated carbocycles. The highest BCUT2D eigenvalue weighted by Crippen LogP contribution is 2.23. The van der Waals surface area contributed by atoms with Gasteiger partial charge in [-0.2, -0.15) is 4.31 Å². The van der Waals surface area contributed by atoms with Gasteiger partial charge in [-0.05, 0) is 54.5 Å². The fourth-order valence-electron chi connectivity index (χ4n) is 3.65. The third kappa shape index (κ3) is 5.29. The van der Waals surface area contributed by atoms with Crippen molar-refractivity contribution in [3.05, 3.63) is 42.5 Å². The normalized spacial score (nSPS) is 15.4. The molecule has 0 aliphatic carbocycles. The van der Waals surface area contributed by atoms with Crippen LogP contribution >= 0.6 is 0 Å². The largest absolute Gasteiger partial charge is 0.385 e. The minimum atomic E-state index is -3.68. The number of hydrogen-bond donors (Lipinski definition) is 1. The van der Waals surface area contributed by atoms with E-state index < -0.39 is 32.6 Å². The summed E-state index contributed by atoms with van der Waals surface area (Å²) in [4.78, 5) is 19.0. The molecule has 14 heteroatoms. The van der Waals surface area contributed by atoms with E-state index in [0.717, 1.165) is 28.4 Å². The van der Waals surface area contributed by atoms with E-state index in [1.807, 2.05) is 0 Å². The van der Waals surface area contributed by atoms with Gasteiger partial charge in [0.2, 0.25) is 20.0 Å². The lowest BCUT2D eigenvalue weighted by Gasteiger charge is -2.26. The highest BCUT2D eigenvalue weighted by atomic mass is 32.2. The third-order valence-electron chi connectivity index (χ3n) is 5.55. The van der Waals surface area contributed by atoms with Gasteiger partial charge in [-0.1, -0.05) is 17.3 Å². The second-order valence-electron chi connectivity index (χ2n) is 8.21. The minimum absolute atomic E-state index is 0.0262. The first-order chi connectivity index (χ1) is 16.6. The predicted molar refractivity (Wildman–Crippen MR) is 128 cm³/mol. The number of nitrogens with zero attached hydrogens (tertiary/aromatic N) is 5. The van der Waals surface area contributed by atoms with E-state index in [1.165, 1.54) is 48.7 Å². The van der Waals surface area contributed by atoms with Crippen LogP contribution in [0.4, 0.5) is 5.69 Å². The van der Waals surface area contributed by atoms with Crippen LogP contribution in [0, 0.1) is 0 Å². The van der Waals surface area contributed by atoms with Crippen molar-refractivity contribution in [3.63, 3.8) is 0 Å². The van der Waals surface area contributed by atoms with Gasteiger partial charge in [0, 0.05) is 32.9 Å². The van der Waals surface area contributed by atoms with Gasteiger partial charge in [-0.25, -0.2) is 21.1 Å². The monoisotopic (exact) mass is 522 g/mol. The SMILES string of the molecule is CN(C)S(=O)(=O)c1ccc2nnn(OCC(=O)Nc3cccc(S(=O)(=O)N4CCCCC4)c3)c2c1. The van der Waals surface area contributed by atoms with Crippen molar-refractivity contribution in [3.8, 4) is 0 Å². The summed E-state index contributed by atoms with van der Waals surface area (Å²) in [5, 5.41) is 10.3. The Morgan fingerprint density at radius 1 is 1.03 bits per heavy atom. The number of aromatic nitrogens is 3. The number of fused-ring (bicyclic) bond motifs is 1. The van der Waals surface area contributed by atoms with Gasteiger partial charge in [0.25, 0.3) is 5.91 Å². The van der Waals surface area contributed by atoms with Crippen molar-refractivity contribution in [1.29, 1.82) is 0 Å². The van der Waals surface area contributed by atoms with Crippen molar-refractivity contribution in [1.82, 2.24) is 23.8 Å². The summed E-state index contributed by atoms with van der Waals surface area (Å²) in [6.45, 7) is 0.499. The molecule has 1 saturated heterocycles. The minimum Gasteiger partial charge on any atom is -0.385 e. The molecule has 12 nitrogen and oxygen atoms in total. The number of carbonyl (C=O) groups is 1. The molecule has 2 aromatic carbocycles. The lowest BCUT2D eigenvalue weighted by atomic mass is 10.2. The lowest BCUT2D eigenvalue weighted by molar-refractivity contribution is -0.121. The molecular weight excluding hydrogens is 496 g/mol. The Hall–Kier alpha value is -3.07. The van der Waals surface area contributed by atoms with Gasteiger partial charge in [-0.3, -0.25) is 4.79 Å². The molecule has 0 unspecified atom stereocenters. The molecule has 35 heavy (non-hydrogen) atoms. The van der Waals surface area contributed by atoms with E-state index >= 15 is 0 Å². The van der Waals surface area contributed by atoms with Crippen LogP contribution in [0.2, 0.25) is 0 Å². The molecule has 188 valence electrons. The topological polar surface area (TPSA) is 144 Å². The Morgan fingerprint density at radius 2 is 1.77 bits per heavy atom. The van der Waals surface area contributed by atoms with E-state index in [2.05, 4.69) is 15.6 Å². The van der Waals surface area contributed by atoms with Crippen molar-refractivity contribution in [2.45, 2.75) is 29.1 Å². The second-order valence-corrected chi connectivity index (χ2v) is 12.3. The van der Waals surface area contributed by atoms with Crippen LogP contribution in [0.25, 0.3) is 11.0 Å². The van der Waals surface area contributed by atoms with Gasteiger partial charge in [0.15, 0.2) is 6.61 Å². The smallest absolute Gasteiger partial charge is 0.265 e. The van der Waals surface area contributed by atoms with Crippen LogP contribution in [0.15, 0.2) is 52.3 Å². The first kappa shape index (κ1) is 25.0. The molecule has 1 aliphatic heterocycles. The average molecular weight is 523 g/mol. The molecule has 1 aliphatic rings. The van der Waals surface area contributed by atoms with E-state index in [-0.39, 0.29) is 15.3 Å². The van der Waals surface area contributed by atoms with E-state index in [0.29, 0.717) is 24.3 Å². The zero-order valence-electron chi connectivity index (χ0n) is 19.3. The number of benzene rings is 2. The highest BCUT2D eigenvalue weighted by molar-refractivity contribution is 7.89. The fourth-order valence-corrected chi connectivity index (χ4v) is 6.14.